The van der Waals surface area contributed by atoms with Gasteiger partial charge >= 0.3 is 0 Å². The van der Waals surface area contributed by atoms with E-state index in [0.29, 0.717) is 12.5 Å². The lowest BCUT2D eigenvalue weighted by molar-refractivity contribution is -0.133. The van der Waals surface area contributed by atoms with Crippen molar-refractivity contribution in [3.63, 3.8) is 0 Å². The molecule has 4 nitrogen and oxygen atoms in total. The Balaban J connectivity index is 2.15. The minimum absolute atomic E-state index is 0.0276. The van der Waals surface area contributed by atoms with Crippen molar-refractivity contribution in [1.82, 2.24) is 10.3 Å². The quantitative estimate of drug-likeness (QED) is 0.869. The normalized spacial score (nSPS) is 16.8. The molecule has 0 aliphatic heterocycles. The van der Waals surface area contributed by atoms with E-state index in [1.807, 2.05) is 32.9 Å². The molecule has 0 bridgehead atoms. The first-order chi connectivity index (χ1) is 9.45. The highest BCUT2D eigenvalue weighted by atomic mass is 16.5. The minimum Gasteiger partial charge on any atom is -0.384 e. The third kappa shape index (κ3) is 3.37. The van der Waals surface area contributed by atoms with Crippen molar-refractivity contribution in [2.24, 2.45) is 11.3 Å². The molecule has 20 heavy (non-hydrogen) atoms. The first-order valence-electron chi connectivity index (χ1n) is 7.17. The third-order valence-corrected chi connectivity index (χ3v) is 3.84. The number of pyridine rings is 1. The van der Waals surface area contributed by atoms with E-state index in [1.165, 1.54) is 0 Å². The van der Waals surface area contributed by atoms with Gasteiger partial charge in [0.2, 0.25) is 5.91 Å². The number of methoxy groups -OCH3 is 1. The van der Waals surface area contributed by atoms with Gasteiger partial charge < -0.3 is 10.1 Å². The monoisotopic (exact) mass is 276 g/mol. The van der Waals surface area contributed by atoms with Crippen LogP contribution in [0, 0.1) is 18.3 Å². The summed E-state index contributed by atoms with van der Waals surface area (Å²) >= 11 is 0. The summed E-state index contributed by atoms with van der Waals surface area (Å²) in [6.45, 7) is 6.27. The number of aryl methyl sites for hydroxylation is 1. The summed E-state index contributed by atoms with van der Waals surface area (Å²) < 4.78 is 5.14. The number of nitrogens with one attached hydrogen (secondary N) is 1. The van der Waals surface area contributed by atoms with E-state index in [-0.39, 0.29) is 11.9 Å². The van der Waals surface area contributed by atoms with Crippen LogP contribution in [-0.4, -0.2) is 24.6 Å². The van der Waals surface area contributed by atoms with Crippen LogP contribution < -0.4 is 5.32 Å². The average Bonchev–Trinajstić information content (AvgIpc) is 3.21. The molecular formula is C16H24N2O2. The highest BCUT2D eigenvalue weighted by molar-refractivity contribution is 5.82. The van der Waals surface area contributed by atoms with E-state index < -0.39 is 5.41 Å². The predicted octanol–water partition coefficient (Wildman–Crippen LogP) is 2.63. The number of amides is 1. The number of carbonyl (C=O) groups excluding carboxylic acids is 1. The molecule has 1 saturated carbocycles. The fourth-order valence-corrected chi connectivity index (χ4v) is 2.43. The number of carbonyl (C=O) groups is 1. The molecule has 1 amide bonds. The standard InChI is InChI=1S/C16H24N2O2/c1-11-6-5-9-17-13(11)14(12-7-8-12)18-15(19)16(2,3)10-20-4/h5-6,9,12,14H,7-8,10H2,1-4H3,(H,18,19)/t14-/m1/s1. The van der Waals surface area contributed by atoms with Gasteiger partial charge in [0.05, 0.1) is 23.8 Å². The zero-order chi connectivity index (χ0) is 14.8. The van der Waals surface area contributed by atoms with Crippen LogP contribution in [0.4, 0.5) is 0 Å². The van der Waals surface area contributed by atoms with Crippen LogP contribution >= 0.6 is 0 Å². The second-order valence-electron chi connectivity index (χ2n) is 6.31. The first kappa shape index (κ1) is 15.0. The summed E-state index contributed by atoms with van der Waals surface area (Å²) in [5, 5.41) is 3.18. The summed E-state index contributed by atoms with van der Waals surface area (Å²) in [6.07, 6.45) is 4.11. The molecule has 1 aromatic rings. The topological polar surface area (TPSA) is 51.2 Å². The van der Waals surface area contributed by atoms with Crippen molar-refractivity contribution in [2.75, 3.05) is 13.7 Å². The van der Waals surface area contributed by atoms with E-state index in [4.69, 9.17) is 4.74 Å². The lowest BCUT2D eigenvalue weighted by Gasteiger charge is -2.27. The summed E-state index contributed by atoms with van der Waals surface area (Å²) in [5.41, 5.74) is 1.61. The van der Waals surface area contributed by atoms with Crippen LogP contribution in [0.25, 0.3) is 0 Å². The highest BCUT2D eigenvalue weighted by Gasteiger charge is 2.38. The van der Waals surface area contributed by atoms with E-state index in [0.717, 1.165) is 24.1 Å². The van der Waals surface area contributed by atoms with Gasteiger partial charge in [-0.05, 0) is 51.2 Å². The number of aromatic nitrogens is 1. The van der Waals surface area contributed by atoms with Crippen LogP contribution in [0.1, 0.15) is 44.0 Å². The van der Waals surface area contributed by atoms with Gasteiger partial charge in [0.1, 0.15) is 0 Å². The maximum Gasteiger partial charge on any atom is 0.228 e. The van der Waals surface area contributed by atoms with E-state index in [1.54, 1.807) is 13.3 Å². The zero-order valence-corrected chi connectivity index (χ0v) is 12.8. The van der Waals surface area contributed by atoms with Gasteiger partial charge in [-0.1, -0.05) is 6.07 Å². The predicted molar refractivity (Wildman–Crippen MR) is 78.2 cm³/mol. The van der Waals surface area contributed by atoms with Crippen molar-refractivity contribution in [3.8, 4) is 0 Å². The number of nitrogens with zero attached hydrogens (tertiary/aromatic N) is 1. The minimum atomic E-state index is -0.523. The summed E-state index contributed by atoms with van der Waals surface area (Å²) in [7, 11) is 1.62. The average molecular weight is 276 g/mol. The molecule has 110 valence electrons. The van der Waals surface area contributed by atoms with Crippen LogP contribution in [0.5, 0.6) is 0 Å². The molecule has 1 N–H and O–H groups in total. The number of hydrogen-bond donors (Lipinski definition) is 1. The summed E-state index contributed by atoms with van der Waals surface area (Å²) in [5.74, 6) is 0.548. The Hall–Kier alpha value is -1.42. The molecule has 1 aromatic heterocycles. The van der Waals surface area contributed by atoms with Crippen molar-refractivity contribution < 1.29 is 9.53 Å². The third-order valence-electron chi connectivity index (χ3n) is 3.84. The summed E-state index contributed by atoms with van der Waals surface area (Å²) in [4.78, 5) is 16.9. The lowest BCUT2D eigenvalue weighted by Crippen LogP contribution is -2.42. The van der Waals surface area contributed by atoms with Crippen LogP contribution in [0.2, 0.25) is 0 Å². The Bertz CT molecular complexity index is 481. The van der Waals surface area contributed by atoms with Crippen molar-refractivity contribution in [1.29, 1.82) is 0 Å². The molecule has 1 fully saturated rings. The SMILES string of the molecule is COCC(C)(C)C(=O)N[C@@H](c1ncccc1C)C1CC1. The molecule has 0 aromatic carbocycles. The summed E-state index contributed by atoms with van der Waals surface area (Å²) in [6, 6.07) is 4.00. The molecule has 2 rings (SSSR count). The number of ether oxygens (including phenoxy) is 1. The van der Waals surface area contributed by atoms with Gasteiger partial charge in [-0.2, -0.15) is 0 Å². The van der Waals surface area contributed by atoms with Crippen LogP contribution in [-0.2, 0) is 9.53 Å². The van der Waals surface area contributed by atoms with E-state index >= 15 is 0 Å². The lowest BCUT2D eigenvalue weighted by atomic mass is 9.92. The maximum absolute atomic E-state index is 12.5. The number of hydrogen-bond acceptors (Lipinski definition) is 3. The fourth-order valence-electron chi connectivity index (χ4n) is 2.43. The van der Waals surface area contributed by atoms with Crippen molar-refractivity contribution >= 4 is 5.91 Å². The van der Waals surface area contributed by atoms with Gasteiger partial charge in [-0.25, -0.2) is 0 Å². The second kappa shape index (κ2) is 5.92. The molecule has 0 unspecified atom stereocenters. The molecule has 0 saturated heterocycles. The Morgan fingerprint density at radius 1 is 1.55 bits per heavy atom. The maximum atomic E-state index is 12.5. The van der Waals surface area contributed by atoms with Gasteiger partial charge in [-0.15, -0.1) is 0 Å². The Kier molecular flexibility index (Phi) is 4.43. The molecular weight excluding hydrogens is 252 g/mol. The zero-order valence-electron chi connectivity index (χ0n) is 12.8. The van der Waals surface area contributed by atoms with Gasteiger partial charge in [-0.3, -0.25) is 9.78 Å². The molecule has 1 aliphatic rings. The molecule has 0 spiro atoms. The van der Waals surface area contributed by atoms with Crippen molar-refractivity contribution in [2.45, 2.75) is 39.7 Å². The Morgan fingerprint density at radius 3 is 2.80 bits per heavy atom. The largest absolute Gasteiger partial charge is 0.384 e. The molecule has 0 radical (unpaired) electrons. The fraction of sp³-hybridized carbons (Fsp3) is 0.625. The van der Waals surface area contributed by atoms with Crippen molar-refractivity contribution in [3.05, 3.63) is 29.6 Å². The van der Waals surface area contributed by atoms with Crippen LogP contribution in [0.3, 0.4) is 0 Å². The van der Waals surface area contributed by atoms with Crippen LogP contribution in [0.15, 0.2) is 18.3 Å². The second-order valence-corrected chi connectivity index (χ2v) is 6.31. The first-order valence-corrected chi connectivity index (χ1v) is 7.17. The van der Waals surface area contributed by atoms with Gasteiger partial charge in [0.25, 0.3) is 0 Å². The number of rotatable bonds is 6. The highest BCUT2D eigenvalue weighted by Crippen LogP contribution is 2.41. The van der Waals surface area contributed by atoms with E-state index in [2.05, 4.69) is 10.3 Å². The molecule has 1 aliphatic carbocycles. The van der Waals surface area contributed by atoms with E-state index in [9.17, 15) is 4.79 Å². The molecule has 1 heterocycles. The van der Waals surface area contributed by atoms with Gasteiger partial charge in [0, 0.05) is 13.3 Å². The van der Waals surface area contributed by atoms with Gasteiger partial charge in [0.15, 0.2) is 0 Å². The molecule has 4 heteroatoms. The Labute approximate surface area is 120 Å². The smallest absolute Gasteiger partial charge is 0.228 e. The Morgan fingerprint density at radius 2 is 2.25 bits per heavy atom. The molecule has 1 atom stereocenters.